The van der Waals surface area contributed by atoms with Gasteiger partial charge in [-0.25, -0.2) is 22.4 Å². The number of fused-ring (bicyclic) bond motifs is 1. The van der Waals surface area contributed by atoms with Crippen molar-refractivity contribution in [3.8, 4) is 0 Å². The molecular weight excluding hydrogens is 418 g/mol. The summed E-state index contributed by atoms with van der Waals surface area (Å²) < 4.78 is 32.4. The summed E-state index contributed by atoms with van der Waals surface area (Å²) in [5.74, 6) is 0.157. The number of amides is 1. The molecule has 9 nitrogen and oxygen atoms in total. The number of methoxy groups -OCH3 is 1. The molecule has 2 N–H and O–H groups in total. The van der Waals surface area contributed by atoms with E-state index in [0.717, 1.165) is 35.2 Å². The molecule has 10 heteroatoms. The number of hydrogen-bond donors (Lipinski definition) is 2. The Morgan fingerprint density at radius 1 is 1.13 bits per heavy atom. The zero-order valence-electron chi connectivity index (χ0n) is 17.4. The van der Waals surface area contributed by atoms with E-state index in [1.165, 1.54) is 12.4 Å². The molecule has 31 heavy (non-hydrogen) atoms. The van der Waals surface area contributed by atoms with Crippen LogP contribution in [0.3, 0.4) is 0 Å². The smallest absolute Gasteiger partial charge is 0.269 e. The molecule has 1 aromatic carbocycles. The maximum Gasteiger partial charge on any atom is 0.269 e. The van der Waals surface area contributed by atoms with E-state index >= 15 is 0 Å². The van der Waals surface area contributed by atoms with Gasteiger partial charge < -0.3 is 4.74 Å². The highest BCUT2D eigenvalue weighted by molar-refractivity contribution is 7.90. The van der Waals surface area contributed by atoms with E-state index in [1.54, 1.807) is 37.4 Å². The van der Waals surface area contributed by atoms with Gasteiger partial charge in [-0.15, -0.1) is 0 Å². The third kappa shape index (κ3) is 4.40. The van der Waals surface area contributed by atoms with Crippen molar-refractivity contribution in [2.24, 2.45) is 5.92 Å². The Bertz CT molecular complexity index is 1180. The van der Waals surface area contributed by atoms with Crippen molar-refractivity contribution in [3.05, 3.63) is 48.3 Å². The van der Waals surface area contributed by atoms with Crippen LogP contribution in [0.5, 0.6) is 0 Å². The average Bonchev–Trinajstić information content (AvgIpc) is 3.22. The highest BCUT2D eigenvalue weighted by Crippen LogP contribution is 2.26. The molecule has 164 valence electrons. The zero-order valence-corrected chi connectivity index (χ0v) is 18.2. The number of nitrogens with one attached hydrogen (secondary N) is 2. The van der Waals surface area contributed by atoms with Gasteiger partial charge in [0.05, 0.1) is 17.2 Å². The van der Waals surface area contributed by atoms with Crippen LogP contribution < -0.4 is 10.9 Å². The molecule has 3 aromatic rings. The highest BCUT2D eigenvalue weighted by Gasteiger charge is 2.26. The molecule has 2 heterocycles. The van der Waals surface area contributed by atoms with Gasteiger partial charge in [0, 0.05) is 19.2 Å². The second kappa shape index (κ2) is 8.64. The lowest BCUT2D eigenvalue weighted by Crippen LogP contribution is -2.37. The van der Waals surface area contributed by atoms with Crippen molar-refractivity contribution < 1.29 is 17.9 Å². The van der Waals surface area contributed by atoms with Crippen LogP contribution in [0.4, 0.5) is 5.82 Å². The fraction of sp³-hybridized carbons (Fsp3) is 0.381. The summed E-state index contributed by atoms with van der Waals surface area (Å²) in [6.07, 6.45) is 6.33. The van der Waals surface area contributed by atoms with Crippen LogP contribution in [0.2, 0.25) is 0 Å². The van der Waals surface area contributed by atoms with E-state index in [1.807, 2.05) is 6.92 Å². The fourth-order valence-corrected chi connectivity index (χ4v) is 5.05. The fourth-order valence-electron chi connectivity index (χ4n) is 3.75. The number of carbonyl (C=O) groups excluding carboxylic acids is 1. The van der Waals surface area contributed by atoms with Gasteiger partial charge in [0.25, 0.3) is 10.0 Å². The van der Waals surface area contributed by atoms with Gasteiger partial charge in [0.1, 0.15) is 5.52 Å². The monoisotopic (exact) mass is 443 g/mol. The van der Waals surface area contributed by atoms with Gasteiger partial charge in [-0.2, -0.15) is 0 Å². The van der Waals surface area contributed by atoms with Crippen LogP contribution in [0.1, 0.15) is 31.2 Å². The molecule has 0 atom stereocenters. The molecular formula is C21H25N5O4S. The van der Waals surface area contributed by atoms with Crippen LogP contribution in [0, 0.1) is 12.8 Å². The lowest BCUT2D eigenvalue weighted by atomic mass is 9.87. The van der Waals surface area contributed by atoms with Crippen LogP contribution in [-0.4, -0.2) is 41.5 Å². The van der Waals surface area contributed by atoms with Crippen molar-refractivity contribution in [2.75, 3.05) is 12.5 Å². The number of carbonyl (C=O) groups is 1. The first kappa shape index (κ1) is 21.3. The normalized spacial score (nSPS) is 19.3. The number of rotatable bonds is 6. The lowest BCUT2D eigenvalue weighted by Gasteiger charge is -2.26. The molecule has 0 spiro atoms. The Morgan fingerprint density at radius 2 is 1.84 bits per heavy atom. The minimum absolute atomic E-state index is 0.0728. The maximum atomic E-state index is 13.0. The van der Waals surface area contributed by atoms with E-state index in [-0.39, 0.29) is 28.5 Å². The second-order valence-corrected chi connectivity index (χ2v) is 9.53. The molecule has 0 aliphatic heterocycles. The molecule has 1 fully saturated rings. The van der Waals surface area contributed by atoms with Crippen LogP contribution in [-0.2, 0) is 19.6 Å². The van der Waals surface area contributed by atoms with Gasteiger partial charge in [-0.1, -0.05) is 17.7 Å². The van der Waals surface area contributed by atoms with Gasteiger partial charge >= 0.3 is 0 Å². The number of nitrogens with zero attached hydrogens (tertiary/aromatic N) is 3. The molecule has 4 rings (SSSR count). The summed E-state index contributed by atoms with van der Waals surface area (Å²) in [4.78, 5) is 21.2. The lowest BCUT2D eigenvalue weighted by molar-refractivity contribution is -0.126. The van der Waals surface area contributed by atoms with E-state index in [2.05, 4.69) is 20.8 Å². The van der Waals surface area contributed by atoms with E-state index in [0.29, 0.717) is 11.3 Å². The van der Waals surface area contributed by atoms with Crippen LogP contribution in [0.15, 0.2) is 47.6 Å². The van der Waals surface area contributed by atoms with E-state index < -0.39 is 10.0 Å². The summed E-state index contributed by atoms with van der Waals surface area (Å²) in [5.41, 5.74) is 7.05. The Balaban J connectivity index is 1.46. The predicted molar refractivity (Wildman–Crippen MR) is 116 cm³/mol. The van der Waals surface area contributed by atoms with E-state index in [9.17, 15) is 13.2 Å². The summed E-state index contributed by atoms with van der Waals surface area (Å²) >= 11 is 0. The van der Waals surface area contributed by atoms with Gasteiger partial charge in [0.2, 0.25) is 5.91 Å². The molecule has 1 aliphatic carbocycles. The van der Waals surface area contributed by atoms with Crippen molar-refractivity contribution in [1.29, 1.82) is 0 Å². The summed E-state index contributed by atoms with van der Waals surface area (Å²) in [6, 6.07) is 8.20. The summed E-state index contributed by atoms with van der Waals surface area (Å²) in [5, 5.41) is 0. The molecule has 1 aliphatic rings. The van der Waals surface area contributed by atoms with Crippen molar-refractivity contribution in [3.63, 3.8) is 0 Å². The Hall–Kier alpha value is -2.98. The molecule has 0 saturated heterocycles. The first-order chi connectivity index (χ1) is 14.9. The number of aromatic nitrogens is 3. The summed E-state index contributed by atoms with van der Waals surface area (Å²) in [6.45, 7) is 1.89. The standard InChI is InChI=1S/C21H25N5O4S/c1-14-3-9-17(10-4-14)31(28,29)26-12-11-18-20(26)22-13-19(23-18)24-25-21(27)15-5-7-16(30-2)8-6-15/h3-4,9-13,15-16H,5-8H2,1-2H3,(H,23,24)(H,25,27). The Morgan fingerprint density at radius 3 is 2.52 bits per heavy atom. The minimum Gasteiger partial charge on any atom is -0.381 e. The largest absolute Gasteiger partial charge is 0.381 e. The number of benzene rings is 1. The summed E-state index contributed by atoms with van der Waals surface area (Å²) in [7, 11) is -2.09. The number of hydrazine groups is 1. The van der Waals surface area contributed by atoms with Crippen molar-refractivity contribution in [1.82, 2.24) is 19.4 Å². The topological polar surface area (TPSA) is 115 Å². The third-order valence-electron chi connectivity index (χ3n) is 5.63. The number of hydrogen-bond acceptors (Lipinski definition) is 7. The number of anilines is 1. The quantitative estimate of drug-likeness (QED) is 0.563. The van der Waals surface area contributed by atoms with Gasteiger partial charge in [-0.3, -0.25) is 15.6 Å². The molecule has 1 amide bonds. The number of ether oxygens (including phenoxy) is 1. The van der Waals surface area contributed by atoms with E-state index in [4.69, 9.17) is 4.74 Å². The number of aryl methyl sites for hydroxylation is 1. The van der Waals surface area contributed by atoms with Crippen LogP contribution >= 0.6 is 0 Å². The van der Waals surface area contributed by atoms with Crippen molar-refractivity contribution in [2.45, 2.75) is 43.6 Å². The predicted octanol–water partition coefficient (Wildman–Crippen LogP) is 2.63. The van der Waals surface area contributed by atoms with Crippen molar-refractivity contribution >= 4 is 32.9 Å². The zero-order chi connectivity index (χ0) is 22.0. The first-order valence-electron chi connectivity index (χ1n) is 10.1. The Labute approximate surface area is 180 Å². The maximum absolute atomic E-state index is 13.0. The average molecular weight is 444 g/mol. The first-order valence-corrected chi connectivity index (χ1v) is 11.6. The third-order valence-corrected chi connectivity index (χ3v) is 7.31. The molecule has 2 aromatic heterocycles. The van der Waals surface area contributed by atoms with Crippen LogP contribution in [0.25, 0.3) is 11.2 Å². The van der Waals surface area contributed by atoms with Gasteiger partial charge in [-0.05, 0) is 50.8 Å². The Kier molecular flexibility index (Phi) is 5.92. The molecule has 0 bridgehead atoms. The molecule has 1 saturated carbocycles. The second-order valence-electron chi connectivity index (χ2n) is 7.72. The van der Waals surface area contributed by atoms with Gasteiger partial charge in [0.15, 0.2) is 11.5 Å². The highest BCUT2D eigenvalue weighted by atomic mass is 32.2. The SMILES string of the molecule is COC1CCC(C(=O)NNc2cnc3c(ccn3S(=O)(=O)c3ccc(C)cc3)n2)CC1. The molecule has 0 radical (unpaired) electrons. The minimum atomic E-state index is -3.79. The molecule has 0 unspecified atom stereocenters.